The van der Waals surface area contributed by atoms with E-state index in [4.69, 9.17) is 9.47 Å². The lowest BCUT2D eigenvalue weighted by Crippen LogP contribution is -2.25. The normalized spacial score (nSPS) is 14.1. The lowest BCUT2D eigenvalue weighted by Gasteiger charge is -2.25. The molecule has 174 valence electrons. The number of nitrogens with zero attached hydrogens (tertiary/aromatic N) is 3. The Morgan fingerprint density at radius 3 is 2.24 bits per heavy atom. The summed E-state index contributed by atoms with van der Waals surface area (Å²) >= 11 is 1.45. The standard InChI is InChI=1S/C25H30N4O3S/c1-31-21-12-8-18(9-13-21)16-26-23(30)17-33-25-28-27-24(19-10-14-22(32-2)15-11-19)29(25)20-6-4-3-5-7-20/h8-15,20H,3-7,16-17H2,1-2H3,(H,26,30). The van der Waals surface area contributed by atoms with E-state index in [1.807, 2.05) is 48.5 Å². The van der Waals surface area contributed by atoms with Crippen LogP contribution in [0.5, 0.6) is 11.5 Å². The summed E-state index contributed by atoms with van der Waals surface area (Å²) in [5.74, 6) is 2.73. The Balaban J connectivity index is 1.44. The lowest BCUT2D eigenvalue weighted by atomic mass is 9.95. The Bertz CT molecular complexity index is 1040. The predicted octanol–water partition coefficient (Wildman–Crippen LogP) is 4.88. The van der Waals surface area contributed by atoms with E-state index in [0.717, 1.165) is 46.4 Å². The second kappa shape index (κ2) is 11.2. The third-order valence-electron chi connectivity index (χ3n) is 5.93. The molecule has 2 aromatic carbocycles. The number of carbonyl (C=O) groups excluding carboxylic acids is 1. The van der Waals surface area contributed by atoms with Gasteiger partial charge in [0.25, 0.3) is 0 Å². The van der Waals surface area contributed by atoms with Gasteiger partial charge in [-0.25, -0.2) is 0 Å². The fourth-order valence-corrected chi connectivity index (χ4v) is 4.94. The van der Waals surface area contributed by atoms with Crippen LogP contribution in [0.25, 0.3) is 11.4 Å². The van der Waals surface area contributed by atoms with Crippen molar-refractivity contribution in [3.8, 4) is 22.9 Å². The van der Waals surface area contributed by atoms with Gasteiger partial charge in [0.15, 0.2) is 11.0 Å². The number of hydrogen-bond donors (Lipinski definition) is 1. The van der Waals surface area contributed by atoms with Gasteiger partial charge in [0.1, 0.15) is 11.5 Å². The van der Waals surface area contributed by atoms with Crippen molar-refractivity contribution in [1.29, 1.82) is 0 Å². The lowest BCUT2D eigenvalue weighted by molar-refractivity contribution is -0.118. The highest BCUT2D eigenvalue weighted by Gasteiger charge is 2.24. The molecular formula is C25H30N4O3S. The van der Waals surface area contributed by atoms with E-state index in [-0.39, 0.29) is 5.91 Å². The molecule has 8 heteroatoms. The molecule has 1 aliphatic carbocycles. The number of amides is 1. The Hall–Kier alpha value is -3.00. The molecule has 1 fully saturated rings. The highest BCUT2D eigenvalue weighted by Crippen LogP contribution is 2.35. The van der Waals surface area contributed by atoms with Gasteiger partial charge in [-0.2, -0.15) is 0 Å². The number of rotatable bonds is 9. The third kappa shape index (κ3) is 5.87. The maximum atomic E-state index is 12.5. The molecule has 1 heterocycles. The van der Waals surface area contributed by atoms with Crippen molar-refractivity contribution in [2.45, 2.75) is 49.8 Å². The quantitative estimate of drug-likeness (QED) is 0.453. The molecule has 1 aromatic heterocycles. The summed E-state index contributed by atoms with van der Waals surface area (Å²) in [4.78, 5) is 12.5. The van der Waals surface area contributed by atoms with E-state index < -0.39 is 0 Å². The van der Waals surface area contributed by atoms with Crippen molar-refractivity contribution in [2.24, 2.45) is 0 Å². The van der Waals surface area contributed by atoms with Crippen molar-refractivity contribution in [3.63, 3.8) is 0 Å². The van der Waals surface area contributed by atoms with Crippen molar-refractivity contribution in [2.75, 3.05) is 20.0 Å². The van der Waals surface area contributed by atoms with E-state index in [9.17, 15) is 4.79 Å². The monoisotopic (exact) mass is 466 g/mol. The molecule has 0 saturated heterocycles. The molecule has 7 nitrogen and oxygen atoms in total. The van der Waals surface area contributed by atoms with Crippen LogP contribution < -0.4 is 14.8 Å². The van der Waals surface area contributed by atoms with Gasteiger partial charge in [-0.1, -0.05) is 43.2 Å². The zero-order valence-corrected chi connectivity index (χ0v) is 19.9. The molecule has 0 spiro atoms. The second-order valence-corrected chi connectivity index (χ2v) is 9.05. The number of methoxy groups -OCH3 is 2. The van der Waals surface area contributed by atoms with Gasteiger partial charge >= 0.3 is 0 Å². The molecule has 1 saturated carbocycles. The maximum Gasteiger partial charge on any atom is 0.230 e. The van der Waals surface area contributed by atoms with Crippen LogP contribution in [0.4, 0.5) is 0 Å². The summed E-state index contributed by atoms with van der Waals surface area (Å²) in [5.41, 5.74) is 2.03. The summed E-state index contributed by atoms with van der Waals surface area (Å²) in [6.07, 6.45) is 5.90. The van der Waals surface area contributed by atoms with Crippen LogP contribution in [0.3, 0.4) is 0 Å². The molecule has 0 unspecified atom stereocenters. The Kier molecular flexibility index (Phi) is 7.88. The molecule has 3 aromatic rings. The molecule has 0 bridgehead atoms. The van der Waals surface area contributed by atoms with Crippen LogP contribution in [0.1, 0.15) is 43.7 Å². The summed E-state index contributed by atoms with van der Waals surface area (Å²) in [6.45, 7) is 0.482. The smallest absolute Gasteiger partial charge is 0.230 e. The summed E-state index contributed by atoms with van der Waals surface area (Å²) in [7, 11) is 3.30. The molecule has 33 heavy (non-hydrogen) atoms. The fraction of sp³-hybridized carbons (Fsp3) is 0.400. The SMILES string of the molecule is COc1ccc(CNC(=O)CSc2nnc(-c3ccc(OC)cc3)n2C2CCCCC2)cc1. The first kappa shape index (κ1) is 23.2. The van der Waals surface area contributed by atoms with E-state index >= 15 is 0 Å². The highest BCUT2D eigenvalue weighted by atomic mass is 32.2. The van der Waals surface area contributed by atoms with E-state index in [0.29, 0.717) is 18.3 Å². The van der Waals surface area contributed by atoms with Crippen LogP contribution in [0.2, 0.25) is 0 Å². The van der Waals surface area contributed by atoms with Gasteiger partial charge < -0.3 is 14.8 Å². The zero-order chi connectivity index (χ0) is 23.0. The predicted molar refractivity (Wildman–Crippen MR) is 130 cm³/mol. The molecule has 1 N–H and O–H groups in total. The summed E-state index contributed by atoms with van der Waals surface area (Å²) in [5, 5.41) is 12.8. The topological polar surface area (TPSA) is 78.3 Å². The number of thioether (sulfide) groups is 1. The Morgan fingerprint density at radius 1 is 0.970 bits per heavy atom. The van der Waals surface area contributed by atoms with Gasteiger partial charge in [0, 0.05) is 18.2 Å². The zero-order valence-electron chi connectivity index (χ0n) is 19.1. The Morgan fingerprint density at radius 2 is 1.61 bits per heavy atom. The molecule has 0 radical (unpaired) electrons. The minimum atomic E-state index is -0.0278. The fourth-order valence-electron chi connectivity index (χ4n) is 4.11. The van der Waals surface area contributed by atoms with Crippen molar-refractivity contribution < 1.29 is 14.3 Å². The van der Waals surface area contributed by atoms with Gasteiger partial charge in [-0.05, 0) is 54.8 Å². The minimum absolute atomic E-state index is 0.0278. The number of aromatic nitrogens is 3. The number of ether oxygens (including phenoxy) is 2. The first-order chi connectivity index (χ1) is 16.2. The van der Waals surface area contributed by atoms with Gasteiger partial charge in [0.05, 0.1) is 20.0 Å². The molecular weight excluding hydrogens is 436 g/mol. The molecule has 0 aliphatic heterocycles. The van der Waals surface area contributed by atoms with Crippen LogP contribution in [0.15, 0.2) is 53.7 Å². The molecule has 1 amide bonds. The van der Waals surface area contributed by atoms with Gasteiger partial charge in [-0.3, -0.25) is 9.36 Å². The first-order valence-electron chi connectivity index (χ1n) is 11.3. The third-order valence-corrected chi connectivity index (χ3v) is 6.88. The molecule has 0 atom stereocenters. The first-order valence-corrected chi connectivity index (χ1v) is 12.3. The summed E-state index contributed by atoms with van der Waals surface area (Å²) in [6, 6.07) is 15.9. The van der Waals surface area contributed by atoms with Crippen LogP contribution in [-0.4, -0.2) is 40.6 Å². The van der Waals surface area contributed by atoms with Gasteiger partial charge in [0.2, 0.25) is 5.91 Å². The number of hydrogen-bond acceptors (Lipinski definition) is 6. The van der Waals surface area contributed by atoms with E-state index in [2.05, 4.69) is 20.1 Å². The van der Waals surface area contributed by atoms with Crippen molar-refractivity contribution in [3.05, 3.63) is 54.1 Å². The Labute approximate surface area is 198 Å². The average Bonchev–Trinajstić information content (AvgIpc) is 3.31. The minimum Gasteiger partial charge on any atom is -0.497 e. The largest absolute Gasteiger partial charge is 0.497 e. The number of benzene rings is 2. The van der Waals surface area contributed by atoms with E-state index in [1.54, 1.807) is 14.2 Å². The van der Waals surface area contributed by atoms with Crippen LogP contribution >= 0.6 is 11.8 Å². The average molecular weight is 467 g/mol. The molecule has 4 rings (SSSR count). The number of carbonyl (C=O) groups is 1. The van der Waals surface area contributed by atoms with Gasteiger partial charge in [-0.15, -0.1) is 10.2 Å². The second-order valence-electron chi connectivity index (χ2n) is 8.11. The van der Waals surface area contributed by atoms with Crippen LogP contribution in [-0.2, 0) is 11.3 Å². The van der Waals surface area contributed by atoms with Crippen molar-refractivity contribution in [1.82, 2.24) is 20.1 Å². The van der Waals surface area contributed by atoms with E-state index in [1.165, 1.54) is 31.0 Å². The van der Waals surface area contributed by atoms with Crippen LogP contribution in [0, 0.1) is 0 Å². The number of nitrogens with one attached hydrogen (secondary N) is 1. The highest BCUT2D eigenvalue weighted by molar-refractivity contribution is 7.99. The molecule has 1 aliphatic rings. The summed E-state index contributed by atoms with van der Waals surface area (Å²) < 4.78 is 12.7. The maximum absolute atomic E-state index is 12.5. The van der Waals surface area contributed by atoms with Crippen molar-refractivity contribution >= 4 is 17.7 Å².